The number of piperidine rings is 1. The second kappa shape index (κ2) is 8.08. The van der Waals surface area contributed by atoms with E-state index in [1.807, 2.05) is 0 Å². The van der Waals surface area contributed by atoms with E-state index in [0.29, 0.717) is 6.04 Å². The molecule has 0 bridgehead atoms. The molecular weight excluding hydrogens is 196 g/mol. The van der Waals surface area contributed by atoms with E-state index in [4.69, 9.17) is 0 Å². The first-order valence-corrected chi connectivity index (χ1v) is 7.18. The highest BCUT2D eigenvalue weighted by molar-refractivity contribution is 4.71. The van der Waals surface area contributed by atoms with Gasteiger partial charge in [0.15, 0.2) is 0 Å². The van der Waals surface area contributed by atoms with E-state index in [-0.39, 0.29) is 0 Å². The fourth-order valence-electron chi connectivity index (χ4n) is 2.37. The minimum absolute atomic E-state index is 0.655. The van der Waals surface area contributed by atoms with Crippen LogP contribution in [0.3, 0.4) is 0 Å². The quantitative estimate of drug-likeness (QED) is 0.718. The molecule has 0 aromatic rings. The lowest BCUT2D eigenvalue weighted by molar-refractivity contribution is 0.208. The Morgan fingerprint density at radius 3 is 2.44 bits per heavy atom. The van der Waals surface area contributed by atoms with E-state index >= 15 is 0 Å². The molecule has 16 heavy (non-hydrogen) atoms. The zero-order valence-corrected chi connectivity index (χ0v) is 11.5. The van der Waals surface area contributed by atoms with Crippen molar-refractivity contribution in [3.63, 3.8) is 0 Å². The van der Waals surface area contributed by atoms with Crippen LogP contribution in [0.5, 0.6) is 0 Å². The fraction of sp³-hybridized carbons (Fsp3) is 1.00. The van der Waals surface area contributed by atoms with Gasteiger partial charge in [0.05, 0.1) is 0 Å². The molecule has 1 fully saturated rings. The van der Waals surface area contributed by atoms with Crippen molar-refractivity contribution < 1.29 is 0 Å². The van der Waals surface area contributed by atoms with Crippen LogP contribution in [0.25, 0.3) is 0 Å². The summed E-state index contributed by atoms with van der Waals surface area (Å²) < 4.78 is 0. The third kappa shape index (κ3) is 5.86. The number of nitrogens with one attached hydrogen (secondary N) is 1. The maximum Gasteiger partial charge on any atom is 0.0166 e. The molecule has 1 heterocycles. The maximum atomic E-state index is 3.65. The molecule has 0 saturated carbocycles. The number of rotatable bonds is 7. The van der Waals surface area contributed by atoms with E-state index in [9.17, 15) is 0 Å². The third-order valence-corrected chi connectivity index (χ3v) is 3.81. The highest BCUT2D eigenvalue weighted by atomic mass is 15.1. The zero-order chi connectivity index (χ0) is 11.8. The molecule has 0 aliphatic carbocycles. The van der Waals surface area contributed by atoms with Crippen molar-refractivity contribution >= 4 is 0 Å². The first kappa shape index (κ1) is 14.0. The predicted molar refractivity (Wildman–Crippen MR) is 71.8 cm³/mol. The van der Waals surface area contributed by atoms with Gasteiger partial charge in [-0.15, -0.1) is 0 Å². The number of hydrogen-bond acceptors (Lipinski definition) is 2. The Kier molecular flexibility index (Phi) is 7.06. The van der Waals surface area contributed by atoms with Crippen molar-refractivity contribution in [2.24, 2.45) is 5.92 Å². The normalized spacial score (nSPS) is 21.9. The Hall–Kier alpha value is -0.0800. The van der Waals surface area contributed by atoms with E-state index in [2.05, 4.69) is 31.0 Å². The van der Waals surface area contributed by atoms with Crippen LogP contribution in [0.4, 0.5) is 0 Å². The fourth-order valence-corrected chi connectivity index (χ4v) is 2.37. The molecule has 2 atom stereocenters. The van der Waals surface area contributed by atoms with Crippen LogP contribution in [0.2, 0.25) is 0 Å². The van der Waals surface area contributed by atoms with Gasteiger partial charge in [0.2, 0.25) is 0 Å². The highest BCUT2D eigenvalue weighted by Gasteiger charge is 2.12. The van der Waals surface area contributed by atoms with Gasteiger partial charge in [0, 0.05) is 12.6 Å². The smallest absolute Gasteiger partial charge is 0.0166 e. The molecule has 0 spiro atoms. The first-order chi connectivity index (χ1) is 7.72. The van der Waals surface area contributed by atoms with Crippen LogP contribution < -0.4 is 5.32 Å². The van der Waals surface area contributed by atoms with Crippen molar-refractivity contribution in [2.75, 3.05) is 26.2 Å². The van der Waals surface area contributed by atoms with Crippen molar-refractivity contribution in [2.45, 2.75) is 58.9 Å². The van der Waals surface area contributed by atoms with Gasteiger partial charge in [-0.3, -0.25) is 0 Å². The number of nitrogens with zero attached hydrogens (tertiary/aromatic N) is 1. The maximum absolute atomic E-state index is 3.65. The highest BCUT2D eigenvalue weighted by Crippen LogP contribution is 2.09. The van der Waals surface area contributed by atoms with E-state index in [1.54, 1.807) is 0 Å². The molecule has 2 heteroatoms. The molecule has 0 radical (unpaired) electrons. The summed E-state index contributed by atoms with van der Waals surface area (Å²) >= 11 is 0. The predicted octanol–water partition coefficient (Wildman–Crippen LogP) is 2.89. The average molecular weight is 226 g/mol. The summed E-state index contributed by atoms with van der Waals surface area (Å²) in [5, 5.41) is 3.65. The minimum Gasteiger partial charge on any atom is -0.313 e. The Labute approximate surface area is 102 Å². The summed E-state index contributed by atoms with van der Waals surface area (Å²) in [5.41, 5.74) is 0. The van der Waals surface area contributed by atoms with Crippen LogP contribution in [0.1, 0.15) is 52.9 Å². The lowest BCUT2D eigenvalue weighted by Gasteiger charge is -2.29. The Morgan fingerprint density at radius 2 is 1.81 bits per heavy atom. The van der Waals surface area contributed by atoms with Gasteiger partial charge in [-0.1, -0.05) is 26.7 Å². The first-order valence-electron chi connectivity index (χ1n) is 7.18. The summed E-state index contributed by atoms with van der Waals surface area (Å²) in [6, 6.07) is 0.655. The largest absolute Gasteiger partial charge is 0.313 e. The lowest BCUT2D eigenvalue weighted by atomic mass is 10.1. The molecule has 0 aromatic carbocycles. The Bertz CT molecular complexity index is 164. The SMILES string of the molecule is CCC(C)CCNC(C)CN1CCCCC1. The van der Waals surface area contributed by atoms with Gasteiger partial charge in [-0.2, -0.15) is 0 Å². The van der Waals surface area contributed by atoms with Gasteiger partial charge >= 0.3 is 0 Å². The van der Waals surface area contributed by atoms with Crippen LogP contribution in [-0.4, -0.2) is 37.1 Å². The summed E-state index contributed by atoms with van der Waals surface area (Å²) in [6.45, 7) is 12.0. The van der Waals surface area contributed by atoms with Crippen molar-refractivity contribution in [3.8, 4) is 0 Å². The van der Waals surface area contributed by atoms with Gasteiger partial charge in [-0.05, 0) is 51.7 Å². The molecule has 1 N–H and O–H groups in total. The van der Waals surface area contributed by atoms with Gasteiger partial charge in [-0.25, -0.2) is 0 Å². The molecule has 2 unspecified atom stereocenters. The van der Waals surface area contributed by atoms with Crippen molar-refractivity contribution in [3.05, 3.63) is 0 Å². The summed E-state index contributed by atoms with van der Waals surface area (Å²) in [6.07, 6.45) is 6.87. The average Bonchev–Trinajstić information content (AvgIpc) is 2.30. The molecule has 96 valence electrons. The van der Waals surface area contributed by atoms with E-state index in [0.717, 1.165) is 5.92 Å². The Balaban J connectivity index is 2.03. The van der Waals surface area contributed by atoms with Gasteiger partial charge in [0.25, 0.3) is 0 Å². The number of hydrogen-bond donors (Lipinski definition) is 1. The molecule has 1 aliphatic rings. The van der Waals surface area contributed by atoms with Crippen molar-refractivity contribution in [1.82, 2.24) is 10.2 Å². The van der Waals surface area contributed by atoms with Gasteiger partial charge < -0.3 is 10.2 Å². The third-order valence-electron chi connectivity index (χ3n) is 3.81. The monoisotopic (exact) mass is 226 g/mol. The second-order valence-corrected chi connectivity index (χ2v) is 5.52. The summed E-state index contributed by atoms with van der Waals surface area (Å²) in [5.74, 6) is 0.870. The number of likely N-dealkylation sites (tertiary alicyclic amines) is 1. The molecule has 0 aromatic heterocycles. The van der Waals surface area contributed by atoms with Crippen LogP contribution in [0, 0.1) is 5.92 Å². The standard InChI is InChI=1S/C14H30N2/c1-4-13(2)8-9-15-14(3)12-16-10-6-5-7-11-16/h13-15H,4-12H2,1-3H3. The summed E-state index contributed by atoms with van der Waals surface area (Å²) in [7, 11) is 0. The minimum atomic E-state index is 0.655. The van der Waals surface area contributed by atoms with Gasteiger partial charge in [0.1, 0.15) is 0 Å². The van der Waals surface area contributed by atoms with Crippen molar-refractivity contribution in [1.29, 1.82) is 0 Å². The van der Waals surface area contributed by atoms with Crippen LogP contribution in [-0.2, 0) is 0 Å². The zero-order valence-electron chi connectivity index (χ0n) is 11.5. The molecule has 0 amide bonds. The molecular formula is C14H30N2. The second-order valence-electron chi connectivity index (χ2n) is 5.52. The molecule has 1 saturated heterocycles. The molecule has 2 nitrogen and oxygen atoms in total. The van der Waals surface area contributed by atoms with E-state index in [1.165, 1.54) is 58.3 Å². The molecule has 1 aliphatic heterocycles. The molecule has 1 rings (SSSR count). The lowest BCUT2D eigenvalue weighted by Crippen LogP contribution is -2.41. The Morgan fingerprint density at radius 1 is 1.12 bits per heavy atom. The topological polar surface area (TPSA) is 15.3 Å². The van der Waals surface area contributed by atoms with E-state index < -0.39 is 0 Å². The summed E-state index contributed by atoms with van der Waals surface area (Å²) in [4.78, 5) is 2.62. The van der Waals surface area contributed by atoms with Crippen LogP contribution in [0.15, 0.2) is 0 Å². The van der Waals surface area contributed by atoms with Crippen LogP contribution >= 0.6 is 0 Å².